The number of piperidine rings is 1. The highest BCUT2D eigenvalue weighted by Crippen LogP contribution is 2.41. The lowest BCUT2D eigenvalue weighted by Gasteiger charge is -2.45. The molecule has 10 heteroatoms. The molecule has 3 atom stereocenters. The third-order valence-corrected chi connectivity index (χ3v) is 11.9. The number of para-hydroxylation sites is 1. The van der Waals surface area contributed by atoms with Crippen molar-refractivity contribution < 1.29 is 29.0 Å². The van der Waals surface area contributed by atoms with Gasteiger partial charge in [0.1, 0.15) is 5.54 Å². The van der Waals surface area contributed by atoms with Crippen molar-refractivity contribution in [2.45, 2.75) is 56.5 Å². The first-order valence-corrected chi connectivity index (χ1v) is 19.4. The van der Waals surface area contributed by atoms with Gasteiger partial charge in [-0.25, -0.2) is 0 Å². The molecule has 10 nitrogen and oxygen atoms in total. The molecule has 0 aliphatic carbocycles. The lowest BCUT2D eigenvalue weighted by atomic mass is 9.85. The van der Waals surface area contributed by atoms with Crippen LogP contribution in [0.3, 0.4) is 0 Å². The highest BCUT2D eigenvalue weighted by atomic mass is 16.7. The normalized spacial score (nSPS) is 22.1. The van der Waals surface area contributed by atoms with E-state index < -0.39 is 11.8 Å². The van der Waals surface area contributed by atoms with Crippen LogP contribution in [-0.2, 0) is 27.4 Å². The molecule has 284 valence electrons. The van der Waals surface area contributed by atoms with Crippen LogP contribution in [0, 0.1) is 0 Å². The Bertz CT molecular complexity index is 2200. The van der Waals surface area contributed by atoms with Crippen LogP contribution in [0.25, 0.3) is 11.1 Å². The summed E-state index contributed by atoms with van der Waals surface area (Å²) < 4.78 is 13.4. The Morgan fingerprint density at radius 2 is 1.32 bits per heavy atom. The Morgan fingerprint density at radius 3 is 2.00 bits per heavy atom. The number of likely N-dealkylation sites (tertiary alicyclic amines) is 1. The quantitative estimate of drug-likeness (QED) is 0.162. The Kier molecular flexibility index (Phi) is 9.72. The number of carbonyl (C=O) groups is 3. The van der Waals surface area contributed by atoms with Crippen molar-refractivity contribution in [2.24, 2.45) is 0 Å². The number of aliphatic hydroxyl groups is 1. The summed E-state index contributed by atoms with van der Waals surface area (Å²) in [4.78, 5) is 45.6. The molecular weight excluding hydrogens is 705 g/mol. The second-order valence-corrected chi connectivity index (χ2v) is 15.1. The van der Waals surface area contributed by atoms with Gasteiger partial charge >= 0.3 is 0 Å². The van der Waals surface area contributed by atoms with E-state index in [0.29, 0.717) is 30.8 Å². The number of nitrogens with one attached hydrogen (secondary N) is 1. The van der Waals surface area contributed by atoms with Gasteiger partial charge in [-0.1, -0.05) is 103 Å². The minimum atomic E-state index is -0.621. The zero-order valence-electron chi connectivity index (χ0n) is 31.1. The van der Waals surface area contributed by atoms with Gasteiger partial charge in [-0.2, -0.15) is 0 Å². The third kappa shape index (κ3) is 6.68. The van der Waals surface area contributed by atoms with Crippen molar-refractivity contribution in [3.8, 4) is 11.1 Å². The number of rotatable bonds is 9. The Morgan fingerprint density at radius 1 is 0.696 bits per heavy atom. The third-order valence-electron chi connectivity index (χ3n) is 11.9. The molecule has 9 rings (SSSR count). The van der Waals surface area contributed by atoms with Crippen LogP contribution in [0.2, 0.25) is 0 Å². The number of imide groups is 1. The summed E-state index contributed by atoms with van der Waals surface area (Å²) in [6.45, 7) is 2.91. The number of benzene rings is 5. The highest BCUT2D eigenvalue weighted by Gasteiger charge is 2.50. The van der Waals surface area contributed by atoms with Crippen molar-refractivity contribution in [3.63, 3.8) is 0 Å². The van der Waals surface area contributed by atoms with Crippen LogP contribution < -0.4 is 10.2 Å². The molecule has 3 fully saturated rings. The van der Waals surface area contributed by atoms with E-state index in [1.807, 2.05) is 91.0 Å². The maximum Gasteiger partial charge on any atom is 0.261 e. The molecule has 0 bridgehead atoms. The van der Waals surface area contributed by atoms with Gasteiger partial charge in [0.25, 0.3) is 11.8 Å². The summed E-state index contributed by atoms with van der Waals surface area (Å²) in [5.41, 5.74) is 6.89. The van der Waals surface area contributed by atoms with Crippen LogP contribution in [0.5, 0.6) is 0 Å². The van der Waals surface area contributed by atoms with Gasteiger partial charge in [0.05, 0.1) is 43.2 Å². The first-order valence-electron chi connectivity index (χ1n) is 19.4. The fraction of sp³-hybridized carbons (Fsp3) is 0.283. The van der Waals surface area contributed by atoms with Crippen LogP contribution in [0.1, 0.15) is 74.6 Å². The maximum absolute atomic E-state index is 13.3. The molecule has 3 saturated heterocycles. The number of carbonyl (C=O) groups excluding carboxylic acids is 3. The summed E-state index contributed by atoms with van der Waals surface area (Å²) >= 11 is 0. The van der Waals surface area contributed by atoms with E-state index in [0.717, 1.165) is 65.0 Å². The number of aliphatic hydroxyl groups excluding tert-OH is 1. The molecule has 2 N–H and O–H groups in total. The van der Waals surface area contributed by atoms with Crippen LogP contribution in [0.4, 0.5) is 5.69 Å². The fourth-order valence-electron chi connectivity index (χ4n) is 8.77. The molecule has 4 aliphatic heterocycles. The monoisotopic (exact) mass is 748 g/mol. The van der Waals surface area contributed by atoms with E-state index in [1.165, 1.54) is 4.90 Å². The van der Waals surface area contributed by atoms with E-state index in [4.69, 9.17) is 9.47 Å². The standard InChI is InChI=1S/C46H44N4O6/c51-29-31-14-16-33(17-15-31)41-26-37(28-48-24-22-46(23-25-48)45(54)47-30-50(46)36-9-2-1-3-10-36)55-44(56-41)34-20-18-32(19-21-34)38-11-5-4-8-35(38)27-49-42(52)39-12-6-7-13-40(39)43(49)53/h1-21,37,41,44,51H,22-30H2,(H,47,54)/t37-,41+,44+/m1/s1. The predicted octanol–water partition coefficient (Wildman–Crippen LogP) is 6.62. The highest BCUT2D eigenvalue weighted by molar-refractivity contribution is 6.21. The van der Waals surface area contributed by atoms with Gasteiger partial charge in [-0.05, 0) is 64.9 Å². The largest absolute Gasteiger partial charge is 0.392 e. The van der Waals surface area contributed by atoms with Crippen molar-refractivity contribution in [1.29, 1.82) is 0 Å². The average molecular weight is 749 g/mol. The summed E-state index contributed by atoms with van der Waals surface area (Å²) in [7, 11) is 0. The van der Waals surface area contributed by atoms with Crippen molar-refractivity contribution in [1.82, 2.24) is 15.1 Å². The lowest BCUT2D eigenvalue weighted by Crippen LogP contribution is -2.57. The van der Waals surface area contributed by atoms with Gasteiger partial charge in [0.15, 0.2) is 6.29 Å². The smallest absolute Gasteiger partial charge is 0.261 e. The fourth-order valence-corrected chi connectivity index (χ4v) is 8.77. The molecule has 4 heterocycles. The molecule has 56 heavy (non-hydrogen) atoms. The van der Waals surface area contributed by atoms with Crippen molar-refractivity contribution in [2.75, 3.05) is 31.2 Å². The first kappa shape index (κ1) is 36.0. The number of ether oxygens (including phenoxy) is 2. The molecule has 0 radical (unpaired) electrons. The minimum Gasteiger partial charge on any atom is -0.392 e. The topological polar surface area (TPSA) is 112 Å². The van der Waals surface area contributed by atoms with Gasteiger partial charge in [0, 0.05) is 37.3 Å². The van der Waals surface area contributed by atoms with Crippen molar-refractivity contribution >= 4 is 23.4 Å². The summed E-state index contributed by atoms with van der Waals surface area (Å²) in [5.74, 6) is -0.455. The van der Waals surface area contributed by atoms with E-state index in [2.05, 4.69) is 27.2 Å². The zero-order valence-corrected chi connectivity index (χ0v) is 31.1. The molecule has 3 amide bonds. The molecule has 5 aromatic rings. The number of amides is 3. The summed E-state index contributed by atoms with van der Waals surface area (Å²) in [6.07, 6.45) is 1.13. The molecule has 0 saturated carbocycles. The minimum absolute atomic E-state index is 0.0237. The SMILES string of the molecule is O=C1c2ccccc2C(=O)N1Cc1ccccc1-c1ccc([C@H]2O[C@@H](CN3CCC4(CC3)C(=O)NCN4c3ccccc3)C[C@@H](c3ccc(CO)cc3)O2)cc1. The predicted molar refractivity (Wildman–Crippen MR) is 211 cm³/mol. The number of nitrogens with zero attached hydrogens (tertiary/aromatic N) is 3. The molecule has 0 aromatic heterocycles. The summed E-state index contributed by atoms with van der Waals surface area (Å²) in [5, 5.41) is 12.8. The zero-order chi connectivity index (χ0) is 38.2. The van der Waals surface area contributed by atoms with Gasteiger partial charge in [-0.3, -0.25) is 19.3 Å². The molecule has 4 aliphatic rings. The molecule has 1 spiro atoms. The Labute approximate surface area is 326 Å². The molecule has 0 unspecified atom stereocenters. The van der Waals surface area contributed by atoms with Gasteiger partial charge in [0.2, 0.25) is 5.91 Å². The van der Waals surface area contributed by atoms with Crippen LogP contribution in [0.15, 0.2) is 127 Å². The molecule has 5 aromatic carbocycles. The average Bonchev–Trinajstić information content (AvgIpc) is 3.69. The maximum atomic E-state index is 13.3. The van der Waals surface area contributed by atoms with Crippen molar-refractivity contribution in [3.05, 3.63) is 161 Å². The van der Waals surface area contributed by atoms with Gasteiger partial charge < -0.3 is 29.7 Å². The van der Waals surface area contributed by atoms with E-state index >= 15 is 0 Å². The van der Waals surface area contributed by atoms with E-state index in [1.54, 1.807) is 24.3 Å². The number of hydrogen-bond donors (Lipinski definition) is 2. The van der Waals surface area contributed by atoms with E-state index in [9.17, 15) is 19.5 Å². The van der Waals surface area contributed by atoms with Crippen LogP contribution >= 0.6 is 0 Å². The Balaban J connectivity index is 0.923. The summed E-state index contributed by atoms with van der Waals surface area (Å²) in [6, 6.07) is 41.0. The number of anilines is 1. The number of fused-ring (bicyclic) bond motifs is 1. The Hall–Kier alpha value is -5.65. The number of hydrogen-bond acceptors (Lipinski definition) is 8. The van der Waals surface area contributed by atoms with Gasteiger partial charge in [-0.15, -0.1) is 0 Å². The first-order chi connectivity index (χ1) is 27.4. The molecular formula is C46H44N4O6. The second-order valence-electron chi connectivity index (χ2n) is 15.1. The lowest BCUT2D eigenvalue weighted by molar-refractivity contribution is -0.253. The van der Waals surface area contributed by atoms with Crippen LogP contribution in [-0.4, -0.2) is 70.6 Å². The van der Waals surface area contributed by atoms with E-state index in [-0.39, 0.29) is 43.1 Å². The second kappa shape index (κ2) is 15.1.